The van der Waals surface area contributed by atoms with E-state index in [1.807, 2.05) is 12.1 Å². The zero-order chi connectivity index (χ0) is 18.6. The quantitative estimate of drug-likeness (QED) is 0.619. The lowest BCUT2D eigenvalue weighted by molar-refractivity contribution is 0.306. The van der Waals surface area contributed by atoms with Crippen LogP contribution in [-0.2, 0) is 6.61 Å². The Morgan fingerprint density at radius 3 is 2.54 bits per heavy atom. The molecule has 1 saturated heterocycles. The average Bonchev–Trinajstić information content (AvgIpc) is 3.34. The molecule has 3 N–H and O–H groups in total. The smallest absolute Gasteiger partial charge is 0.119 e. The Balaban J connectivity index is 0.00000225. The van der Waals surface area contributed by atoms with Crippen molar-refractivity contribution in [1.82, 2.24) is 10.2 Å². The third-order valence-electron chi connectivity index (χ3n) is 5.56. The molecule has 0 amide bonds. The number of nitrogens with zero attached hydrogens (tertiary/aromatic N) is 1. The maximum Gasteiger partial charge on any atom is 0.119 e. The maximum absolute atomic E-state index is 5.97. The van der Waals surface area contributed by atoms with E-state index in [-0.39, 0.29) is 12.4 Å². The molecule has 2 aromatic carbocycles. The predicted molar refractivity (Wildman–Crippen MR) is 120 cm³/mol. The van der Waals surface area contributed by atoms with E-state index in [0.29, 0.717) is 24.6 Å². The molecule has 0 bridgehead atoms. The van der Waals surface area contributed by atoms with E-state index in [9.17, 15) is 0 Å². The van der Waals surface area contributed by atoms with Crippen LogP contribution < -0.4 is 15.8 Å². The predicted octanol–water partition coefficient (Wildman–Crippen LogP) is 3.93. The molecule has 0 radical (unpaired) electrons. The van der Waals surface area contributed by atoms with Gasteiger partial charge in [0.05, 0.1) is 0 Å². The van der Waals surface area contributed by atoms with Gasteiger partial charge in [0.25, 0.3) is 0 Å². The number of nitrogens with two attached hydrogens (primary N) is 1. The fourth-order valence-electron chi connectivity index (χ4n) is 3.82. The van der Waals surface area contributed by atoms with E-state index in [0.717, 1.165) is 42.8 Å². The van der Waals surface area contributed by atoms with Crippen molar-refractivity contribution in [2.45, 2.75) is 37.5 Å². The van der Waals surface area contributed by atoms with Crippen LogP contribution in [0.3, 0.4) is 0 Å². The van der Waals surface area contributed by atoms with Crippen LogP contribution in [-0.4, -0.2) is 43.2 Å². The molecule has 2 aromatic rings. The van der Waals surface area contributed by atoms with Crippen LogP contribution in [0.2, 0.25) is 0 Å². The minimum absolute atomic E-state index is 0. The molecule has 2 aliphatic rings. The molecule has 1 aliphatic heterocycles. The normalized spacial score (nSPS) is 24.0. The molecule has 3 atom stereocenters. The van der Waals surface area contributed by atoms with Gasteiger partial charge in [-0.05, 0) is 54.8 Å². The Labute approximate surface area is 182 Å². The Hall–Kier alpha value is -1.11. The van der Waals surface area contributed by atoms with E-state index in [1.54, 1.807) is 0 Å². The average molecular weight is 467 g/mol. The molecule has 4 rings (SSSR count). The van der Waals surface area contributed by atoms with E-state index in [4.69, 9.17) is 10.5 Å². The van der Waals surface area contributed by atoms with Gasteiger partial charge < -0.3 is 20.7 Å². The molecule has 3 unspecified atom stereocenters. The highest BCUT2D eigenvalue weighted by atomic mass is 79.9. The molecule has 1 heterocycles. The summed E-state index contributed by atoms with van der Waals surface area (Å²) in [4.78, 5) is 2.46. The van der Waals surface area contributed by atoms with Crippen molar-refractivity contribution in [2.75, 3.05) is 26.2 Å². The monoisotopic (exact) mass is 465 g/mol. The molecule has 28 heavy (non-hydrogen) atoms. The van der Waals surface area contributed by atoms with Crippen molar-refractivity contribution in [3.8, 4) is 5.75 Å². The minimum Gasteiger partial charge on any atom is -0.489 e. The Morgan fingerprint density at radius 2 is 1.86 bits per heavy atom. The fraction of sp³-hybridized carbons (Fsp3) is 0.455. The van der Waals surface area contributed by atoms with Crippen LogP contribution >= 0.6 is 28.3 Å². The third kappa shape index (κ3) is 5.94. The van der Waals surface area contributed by atoms with Gasteiger partial charge >= 0.3 is 0 Å². The number of hydrogen-bond donors (Lipinski definition) is 2. The zero-order valence-corrected chi connectivity index (χ0v) is 18.4. The molecular formula is C22H29BrClN3O. The van der Waals surface area contributed by atoms with Crippen molar-refractivity contribution >= 4 is 28.3 Å². The van der Waals surface area contributed by atoms with Crippen LogP contribution in [0.4, 0.5) is 0 Å². The van der Waals surface area contributed by atoms with Crippen molar-refractivity contribution in [3.05, 3.63) is 64.1 Å². The van der Waals surface area contributed by atoms with Gasteiger partial charge in [-0.25, -0.2) is 0 Å². The Morgan fingerprint density at radius 1 is 1.11 bits per heavy atom. The molecule has 0 aromatic heterocycles. The Bertz CT molecular complexity index is 740. The first kappa shape index (κ1) is 21.6. The minimum atomic E-state index is 0. The van der Waals surface area contributed by atoms with Crippen LogP contribution in [0, 0.1) is 0 Å². The molecular weight excluding hydrogens is 438 g/mol. The van der Waals surface area contributed by atoms with Crippen molar-refractivity contribution in [3.63, 3.8) is 0 Å². The number of ether oxygens (including phenoxy) is 1. The molecule has 1 saturated carbocycles. The summed E-state index contributed by atoms with van der Waals surface area (Å²) < 4.78 is 6.99. The van der Waals surface area contributed by atoms with Gasteiger partial charge in [-0.2, -0.15) is 0 Å². The van der Waals surface area contributed by atoms with Gasteiger partial charge in [0, 0.05) is 42.1 Å². The summed E-state index contributed by atoms with van der Waals surface area (Å²) in [6.07, 6.45) is 2.38. The number of halogens is 2. The van der Waals surface area contributed by atoms with E-state index in [1.165, 1.54) is 17.5 Å². The van der Waals surface area contributed by atoms with Gasteiger partial charge in [0.1, 0.15) is 12.4 Å². The highest BCUT2D eigenvalue weighted by molar-refractivity contribution is 9.10. The largest absolute Gasteiger partial charge is 0.489 e. The molecule has 152 valence electrons. The number of hydrogen-bond acceptors (Lipinski definition) is 4. The lowest BCUT2D eigenvalue weighted by Crippen LogP contribution is -2.33. The summed E-state index contributed by atoms with van der Waals surface area (Å²) in [6.45, 7) is 4.97. The van der Waals surface area contributed by atoms with Crippen LogP contribution in [0.15, 0.2) is 53.0 Å². The van der Waals surface area contributed by atoms with Gasteiger partial charge in [-0.3, -0.25) is 0 Å². The van der Waals surface area contributed by atoms with Gasteiger partial charge in [-0.15, -0.1) is 12.4 Å². The fourth-order valence-corrected chi connectivity index (χ4v) is 4.09. The van der Waals surface area contributed by atoms with E-state index < -0.39 is 0 Å². The number of likely N-dealkylation sites (tertiary alicyclic amines) is 1. The van der Waals surface area contributed by atoms with Crippen LogP contribution in [0.25, 0.3) is 0 Å². The standard InChI is InChI=1S/C22H28BrN3O.ClH/c23-18-5-1-16(2-6-18)15-27-20-7-3-17(4-8-20)21-13-22(21)25-10-12-26-11-9-19(24)14-26;/h1-8,19,21-22,25H,9-15,24H2;1H. The molecule has 2 fully saturated rings. The van der Waals surface area contributed by atoms with Crippen molar-refractivity contribution in [1.29, 1.82) is 0 Å². The zero-order valence-electron chi connectivity index (χ0n) is 16.0. The van der Waals surface area contributed by atoms with Gasteiger partial charge in [-0.1, -0.05) is 40.2 Å². The van der Waals surface area contributed by atoms with Gasteiger partial charge in [0.15, 0.2) is 0 Å². The van der Waals surface area contributed by atoms with Crippen molar-refractivity contribution < 1.29 is 4.74 Å². The number of rotatable bonds is 8. The third-order valence-corrected chi connectivity index (χ3v) is 6.09. The summed E-state index contributed by atoms with van der Waals surface area (Å²) in [5, 5.41) is 3.70. The second-order valence-corrected chi connectivity index (χ2v) is 8.65. The summed E-state index contributed by atoms with van der Waals surface area (Å²) in [5.74, 6) is 1.57. The van der Waals surface area contributed by atoms with Crippen LogP contribution in [0.1, 0.15) is 29.9 Å². The first-order valence-electron chi connectivity index (χ1n) is 9.86. The number of nitrogens with one attached hydrogen (secondary N) is 1. The highest BCUT2D eigenvalue weighted by Crippen LogP contribution is 2.41. The summed E-state index contributed by atoms with van der Waals surface area (Å²) >= 11 is 3.46. The summed E-state index contributed by atoms with van der Waals surface area (Å²) in [7, 11) is 0. The molecule has 0 spiro atoms. The van der Waals surface area contributed by atoms with E-state index >= 15 is 0 Å². The molecule has 6 heteroatoms. The first-order valence-corrected chi connectivity index (χ1v) is 10.7. The number of benzene rings is 2. The van der Waals surface area contributed by atoms with E-state index in [2.05, 4.69) is 62.5 Å². The summed E-state index contributed by atoms with van der Waals surface area (Å²) in [6, 6.07) is 17.8. The second kappa shape index (κ2) is 10.1. The van der Waals surface area contributed by atoms with Gasteiger partial charge in [0.2, 0.25) is 0 Å². The lowest BCUT2D eigenvalue weighted by atomic mass is 10.1. The molecule has 4 nitrogen and oxygen atoms in total. The highest BCUT2D eigenvalue weighted by Gasteiger charge is 2.37. The van der Waals surface area contributed by atoms with Crippen LogP contribution in [0.5, 0.6) is 5.75 Å². The topological polar surface area (TPSA) is 50.5 Å². The second-order valence-electron chi connectivity index (χ2n) is 7.74. The Kier molecular flexibility index (Phi) is 7.77. The van der Waals surface area contributed by atoms with Crippen molar-refractivity contribution in [2.24, 2.45) is 5.73 Å². The SMILES string of the molecule is Cl.NC1CCN(CCNC2CC2c2ccc(OCc3ccc(Br)cc3)cc2)C1. The first-order chi connectivity index (χ1) is 13.2. The maximum atomic E-state index is 5.97. The lowest BCUT2D eigenvalue weighted by Gasteiger charge is -2.15. The molecule has 1 aliphatic carbocycles. The summed E-state index contributed by atoms with van der Waals surface area (Å²) in [5.41, 5.74) is 8.55.